The van der Waals surface area contributed by atoms with Crippen LogP contribution in [-0.2, 0) is 12.8 Å². The second kappa shape index (κ2) is 17.8. The fraction of sp³-hybridized carbons (Fsp3) is 0.179. The normalized spacial score (nSPS) is 11.3. The van der Waals surface area contributed by atoms with E-state index in [1.165, 1.54) is 91.3 Å². The highest BCUT2D eigenvalue weighted by atomic mass is 15.1. The molecule has 0 aliphatic rings. The van der Waals surface area contributed by atoms with Crippen LogP contribution in [0.5, 0.6) is 0 Å². The number of rotatable bonds is 16. The predicted molar refractivity (Wildman–Crippen MR) is 251 cm³/mol. The minimum Gasteiger partial charge on any atom is -0.311 e. The maximum absolute atomic E-state index is 3.94. The van der Waals surface area contributed by atoms with E-state index in [4.69, 9.17) is 0 Å². The molecule has 0 saturated heterocycles. The standard InChI is InChI=1S/C56H54N2/c1-5-7-9-12-18-45-39-53(47(38-42(45)4)19-13-10-8-6-2)44-28-35-51(36-29-44)57(49-31-24-41(3)25-32-49)50-33-26-43(27-34-50)46-30-37-56-54(40-46)52-22-16-17-23-55(52)58(56)48-20-14-11-15-21-48/h5-6,11,14-17,20-40H,1-2,7-10,12-13,18-19H2,3-4H3. The lowest BCUT2D eigenvalue weighted by Gasteiger charge is -2.26. The predicted octanol–water partition coefficient (Wildman–Crippen LogP) is 16.0. The van der Waals surface area contributed by atoms with Gasteiger partial charge in [0.2, 0.25) is 0 Å². The van der Waals surface area contributed by atoms with Crippen molar-refractivity contribution in [3.8, 4) is 27.9 Å². The highest BCUT2D eigenvalue weighted by Gasteiger charge is 2.17. The maximum Gasteiger partial charge on any atom is 0.0541 e. The van der Waals surface area contributed by atoms with E-state index in [-0.39, 0.29) is 0 Å². The van der Waals surface area contributed by atoms with E-state index >= 15 is 0 Å². The third-order valence-corrected chi connectivity index (χ3v) is 11.6. The molecule has 1 heterocycles. The van der Waals surface area contributed by atoms with Crippen LogP contribution in [0.4, 0.5) is 17.1 Å². The summed E-state index contributed by atoms with van der Waals surface area (Å²) in [5.74, 6) is 0. The van der Waals surface area contributed by atoms with E-state index < -0.39 is 0 Å². The minimum atomic E-state index is 1.07. The van der Waals surface area contributed by atoms with E-state index in [0.29, 0.717) is 0 Å². The van der Waals surface area contributed by atoms with Crippen molar-refractivity contribution in [3.63, 3.8) is 0 Å². The van der Waals surface area contributed by atoms with E-state index in [0.717, 1.165) is 49.2 Å². The van der Waals surface area contributed by atoms with E-state index in [1.807, 2.05) is 12.2 Å². The third-order valence-electron chi connectivity index (χ3n) is 11.6. The average molecular weight is 755 g/mol. The van der Waals surface area contributed by atoms with Crippen LogP contribution in [0.15, 0.2) is 183 Å². The Balaban J connectivity index is 1.13. The number of hydrogen-bond donors (Lipinski definition) is 0. The molecule has 0 spiro atoms. The Morgan fingerprint density at radius 2 is 1.03 bits per heavy atom. The molecule has 2 heteroatoms. The monoisotopic (exact) mass is 754 g/mol. The molecule has 7 aromatic carbocycles. The molecule has 0 amide bonds. The number of aryl methyl sites for hydroxylation is 4. The summed E-state index contributed by atoms with van der Waals surface area (Å²) in [6.07, 6.45) is 13.1. The molecule has 0 aliphatic heterocycles. The van der Waals surface area contributed by atoms with Crippen molar-refractivity contribution >= 4 is 38.9 Å². The van der Waals surface area contributed by atoms with Gasteiger partial charge in [-0.2, -0.15) is 0 Å². The van der Waals surface area contributed by atoms with Crippen LogP contribution in [0.25, 0.3) is 49.7 Å². The molecule has 0 atom stereocenters. The van der Waals surface area contributed by atoms with Gasteiger partial charge in [0, 0.05) is 33.5 Å². The molecular formula is C56H54N2. The summed E-state index contributed by atoms with van der Waals surface area (Å²) in [5, 5.41) is 2.52. The Labute approximate surface area is 345 Å². The van der Waals surface area contributed by atoms with E-state index in [1.54, 1.807) is 0 Å². The summed E-state index contributed by atoms with van der Waals surface area (Å²) in [7, 11) is 0. The lowest BCUT2D eigenvalue weighted by atomic mass is 9.89. The zero-order valence-corrected chi connectivity index (χ0v) is 34.1. The van der Waals surface area contributed by atoms with Crippen molar-refractivity contribution in [2.45, 2.75) is 65.2 Å². The van der Waals surface area contributed by atoms with Crippen molar-refractivity contribution in [1.29, 1.82) is 0 Å². The highest BCUT2D eigenvalue weighted by molar-refractivity contribution is 6.10. The van der Waals surface area contributed by atoms with Crippen LogP contribution in [-0.4, -0.2) is 4.57 Å². The quantitative estimate of drug-likeness (QED) is 0.0704. The molecule has 0 radical (unpaired) electrons. The first-order valence-corrected chi connectivity index (χ1v) is 21.0. The second-order valence-corrected chi connectivity index (χ2v) is 15.7. The molecule has 0 unspecified atom stereocenters. The van der Waals surface area contributed by atoms with Gasteiger partial charge < -0.3 is 9.47 Å². The number of para-hydroxylation sites is 2. The smallest absolute Gasteiger partial charge is 0.0541 e. The lowest BCUT2D eigenvalue weighted by Crippen LogP contribution is -2.09. The molecule has 8 rings (SSSR count). The summed E-state index contributed by atoms with van der Waals surface area (Å²) in [5.41, 5.74) is 17.6. The topological polar surface area (TPSA) is 8.17 Å². The minimum absolute atomic E-state index is 1.07. The molecule has 8 aromatic rings. The number of hydrogen-bond acceptors (Lipinski definition) is 1. The molecular weight excluding hydrogens is 701 g/mol. The summed E-state index contributed by atoms with van der Waals surface area (Å²) in [6.45, 7) is 12.3. The van der Waals surface area contributed by atoms with Gasteiger partial charge in [-0.3, -0.25) is 0 Å². The van der Waals surface area contributed by atoms with Gasteiger partial charge >= 0.3 is 0 Å². The van der Waals surface area contributed by atoms with Gasteiger partial charge in [-0.1, -0.05) is 109 Å². The fourth-order valence-electron chi connectivity index (χ4n) is 8.51. The van der Waals surface area contributed by atoms with Gasteiger partial charge in [-0.05, 0) is 171 Å². The van der Waals surface area contributed by atoms with Gasteiger partial charge in [0.05, 0.1) is 11.0 Å². The van der Waals surface area contributed by atoms with Crippen LogP contribution >= 0.6 is 0 Å². The van der Waals surface area contributed by atoms with Gasteiger partial charge in [0.1, 0.15) is 0 Å². The molecule has 0 N–H and O–H groups in total. The summed E-state index contributed by atoms with van der Waals surface area (Å²) in [6, 6.07) is 58.4. The second-order valence-electron chi connectivity index (χ2n) is 15.7. The van der Waals surface area contributed by atoms with E-state index in [9.17, 15) is 0 Å². The van der Waals surface area contributed by atoms with Crippen LogP contribution < -0.4 is 4.90 Å². The summed E-state index contributed by atoms with van der Waals surface area (Å²) < 4.78 is 2.37. The number of allylic oxidation sites excluding steroid dienone is 2. The van der Waals surface area contributed by atoms with Crippen molar-refractivity contribution in [1.82, 2.24) is 4.57 Å². The molecule has 0 fully saturated rings. The first-order chi connectivity index (χ1) is 28.5. The van der Waals surface area contributed by atoms with Crippen molar-refractivity contribution in [3.05, 3.63) is 205 Å². The van der Waals surface area contributed by atoms with Gasteiger partial charge in [0.25, 0.3) is 0 Å². The van der Waals surface area contributed by atoms with Gasteiger partial charge in [0.15, 0.2) is 0 Å². The Hall–Kier alpha value is -6.38. The number of anilines is 3. The zero-order chi connectivity index (χ0) is 39.8. The van der Waals surface area contributed by atoms with Crippen LogP contribution in [0.2, 0.25) is 0 Å². The fourth-order valence-corrected chi connectivity index (χ4v) is 8.51. The Kier molecular flexibility index (Phi) is 11.8. The SMILES string of the molecule is C=CCCCCc1cc(-c2ccc(N(c3ccc(C)cc3)c3ccc(-c4ccc5c(c4)c4ccccc4n5-c4ccccc4)cc3)cc2)c(CCCCC=C)cc1C. The van der Waals surface area contributed by atoms with Crippen molar-refractivity contribution < 1.29 is 0 Å². The lowest BCUT2D eigenvalue weighted by molar-refractivity contribution is 0.739. The molecule has 288 valence electrons. The van der Waals surface area contributed by atoms with Crippen molar-refractivity contribution in [2.24, 2.45) is 0 Å². The van der Waals surface area contributed by atoms with Crippen LogP contribution in [0.3, 0.4) is 0 Å². The Morgan fingerprint density at radius 1 is 0.483 bits per heavy atom. The molecule has 0 bridgehead atoms. The Morgan fingerprint density at radius 3 is 1.69 bits per heavy atom. The first-order valence-electron chi connectivity index (χ1n) is 21.0. The molecule has 2 nitrogen and oxygen atoms in total. The van der Waals surface area contributed by atoms with Gasteiger partial charge in [-0.15, -0.1) is 13.2 Å². The van der Waals surface area contributed by atoms with Crippen LogP contribution in [0.1, 0.15) is 60.8 Å². The Bertz CT molecular complexity index is 2640. The number of benzene rings is 7. The van der Waals surface area contributed by atoms with Gasteiger partial charge in [-0.25, -0.2) is 0 Å². The molecule has 1 aromatic heterocycles. The molecule has 58 heavy (non-hydrogen) atoms. The number of unbranched alkanes of at least 4 members (excludes halogenated alkanes) is 4. The number of nitrogens with zero attached hydrogens (tertiary/aromatic N) is 2. The summed E-state index contributed by atoms with van der Waals surface area (Å²) >= 11 is 0. The molecule has 0 saturated carbocycles. The largest absolute Gasteiger partial charge is 0.311 e. The average Bonchev–Trinajstić information content (AvgIpc) is 3.60. The third kappa shape index (κ3) is 8.20. The highest BCUT2D eigenvalue weighted by Crippen LogP contribution is 2.39. The number of fused-ring (bicyclic) bond motifs is 3. The summed E-state index contributed by atoms with van der Waals surface area (Å²) in [4.78, 5) is 2.38. The van der Waals surface area contributed by atoms with Crippen LogP contribution in [0, 0.1) is 13.8 Å². The first kappa shape index (κ1) is 38.5. The van der Waals surface area contributed by atoms with Crippen molar-refractivity contribution in [2.75, 3.05) is 4.90 Å². The molecule has 0 aliphatic carbocycles. The number of aromatic nitrogens is 1. The maximum atomic E-state index is 3.94. The van der Waals surface area contributed by atoms with E-state index in [2.05, 4.69) is 194 Å². The zero-order valence-electron chi connectivity index (χ0n) is 34.1.